The monoisotopic (exact) mass is 250 g/mol. The fourth-order valence-electron chi connectivity index (χ4n) is 1.78. The van der Waals surface area contributed by atoms with Crippen LogP contribution in [0.25, 0.3) is 0 Å². The molecule has 1 aromatic carbocycles. The van der Waals surface area contributed by atoms with E-state index in [1.165, 1.54) is 0 Å². The molecule has 4 heteroatoms. The van der Waals surface area contributed by atoms with Gasteiger partial charge in [0.15, 0.2) is 0 Å². The van der Waals surface area contributed by atoms with E-state index in [9.17, 15) is 4.79 Å². The van der Waals surface area contributed by atoms with Crippen LogP contribution in [-0.2, 0) is 4.79 Å². The van der Waals surface area contributed by atoms with Crippen LogP contribution in [0.2, 0.25) is 0 Å². The number of ether oxygens (including phenoxy) is 1. The molecule has 1 rings (SSSR count). The van der Waals surface area contributed by atoms with Gasteiger partial charge in [0.2, 0.25) is 5.91 Å². The molecule has 1 unspecified atom stereocenters. The van der Waals surface area contributed by atoms with Gasteiger partial charge >= 0.3 is 0 Å². The lowest BCUT2D eigenvalue weighted by Crippen LogP contribution is -2.29. The quantitative estimate of drug-likeness (QED) is 0.781. The first kappa shape index (κ1) is 14.5. The van der Waals surface area contributed by atoms with E-state index in [1.807, 2.05) is 38.1 Å². The second-order valence-electron chi connectivity index (χ2n) is 4.17. The molecule has 0 radical (unpaired) electrons. The summed E-state index contributed by atoms with van der Waals surface area (Å²) in [6.45, 7) is 4.96. The minimum absolute atomic E-state index is 0.0204. The van der Waals surface area contributed by atoms with E-state index < -0.39 is 0 Å². The second kappa shape index (κ2) is 7.71. The van der Waals surface area contributed by atoms with Gasteiger partial charge in [0, 0.05) is 18.3 Å². The number of nitrogens with two attached hydrogens (primary N) is 1. The van der Waals surface area contributed by atoms with Crippen molar-refractivity contribution in [1.29, 1.82) is 0 Å². The molecule has 0 fully saturated rings. The number of hydrogen-bond acceptors (Lipinski definition) is 3. The number of carbonyl (C=O) groups is 1. The minimum Gasteiger partial charge on any atom is -0.494 e. The van der Waals surface area contributed by atoms with Crippen molar-refractivity contribution in [3.63, 3.8) is 0 Å². The molecule has 0 aliphatic rings. The summed E-state index contributed by atoms with van der Waals surface area (Å²) >= 11 is 0. The topological polar surface area (TPSA) is 64.4 Å². The van der Waals surface area contributed by atoms with E-state index in [2.05, 4.69) is 5.32 Å². The number of hydrogen-bond donors (Lipinski definition) is 2. The van der Waals surface area contributed by atoms with Crippen molar-refractivity contribution < 1.29 is 9.53 Å². The van der Waals surface area contributed by atoms with E-state index >= 15 is 0 Å². The molecule has 0 saturated heterocycles. The minimum atomic E-state index is -0.120. The first-order chi connectivity index (χ1) is 8.71. The Hall–Kier alpha value is -1.55. The fraction of sp³-hybridized carbons (Fsp3) is 0.500. The Morgan fingerprint density at radius 3 is 2.83 bits per heavy atom. The first-order valence-corrected chi connectivity index (χ1v) is 6.45. The summed E-state index contributed by atoms with van der Waals surface area (Å²) in [6, 6.07) is 7.39. The predicted octanol–water partition coefficient (Wildman–Crippen LogP) is 2.40. The smallest absolute Gasteiger partial charge is 0.228 e. The highest BCUT2D eigenvalue weighted by molar-refractivity contribution is 5.92. The van der Waals surface area contributed by atoms with Crippen LogP contribution >= 0.6 is 0 Å². The van der Waals surface area contributed by atoms with Gasteiger partial charge < -0.3 is 15.8 Å². The summed E-state index contributed by atoms with van der Waals surface area (Å²) in [5.74, 6) is 0.619. The van der Waals surface area contributed by atoms with Gasteiger partial charge in [0.1, 0.15) is 5.75 Å². The Kier molecular flexibility index (Phi) is 6.22. The van der Waals surface area contributed by atoms with Gasteiger partial charge in [0.25, 0.3) is 0 Å². The van der Waals surface area contributed by atoms with Gasteiger partial charge in [-0.2, -0.15) is 0 Å². The average molecular weight is 250 g/mol. The summed E-state index contributed by atoms with van der Waals surface area (Å²) in [4.78, 5) is 12.0. The molecular weight excluding hydrogens is 228 g/mol. The van der Waals surface area contributed by atoms with Gasteiger partial charge in [0.05, 0.1) is 12.5 Å². The van der Waals surface area contributed by atoms with Gasteiger partial charge in [-0.05, 0) is 25.5 Å². The van der Waals surface area contributed by atoms with Crippen LogP contribution in [0.3, 0.4) is 0 Å². The lowest BCUT2D eigenvalue weighted by Gasteiger charge is -2.14. The predicted molar refractivity (Wildman–Crippen MR) is 73.7 cm³/mol. The van der Waals surface area contributed by atoms with E-state index in [-0.39, 0.29) is 11.8 Å². The molecule has 0 saturated carbocycles. The summed E-state index contributed by atoms with van der Waals surface area (Å²) in [7, 11) is 0. The maximum Gasteiger partial charge on any atom is 0.228 e. The zero-order valence-electron chi connectivity index (χ0n) is 11.1. The lowest BCUT2D eigenvalue weighted by molar-refractivity contribution is -0.119. The summed E-state index contributed by atoms with van der Waals surface area (Å²) in [5, 5.41) is 2.88. The zero-order chi connectivity index (χ0) is 13.4. The van der Waals surface area contributed by atoms with Gasteiger partial charge in [-0.25, -0.2) is 0 Å². The lowest BCUT2D eigenvalue weighted by atomic mass is 10.0. The Bertz CT molecular complexity index is 380. The van der Waals surface area contributed by atoms with Crippen LogP contribution in [-0.4, -0.2) is 19.1 Å². The van der Waals surface area contributed by atoms with Crippen LogP contribution in [0.4, 0.5) is 5.69 Å². The molecule has 0 aliphatic carbocycles. The molecule has 3 N–H and O–H groups in total. The molecule has 1 aromatic rings. The number of rotatable bonds is 7. The maximum absolute atomic E-state index is 12.0. The highest BCUT2D eigenvalue weighted by Crippen LogP contribution is 2.18. The first-order valence-electron chi connectivity index (χ1n) is 6.45. The third-order valence-electron chi connectivity index (χ3n) is 2.71. The van der Waals surface area contributed by atoms with Crippen LogP contribution in [0.5, 0.6) is 5.75 Å². The van der Waals surface area contributed by atoms with Crippen molar-refractivity contribution in [2.75, 3.05) is 18.5 Å². The summed E-state index contributed by atoms with van der Waals surface area (Å²) in [6.07, 6.45) is 1.77. The van der Waals surface area contributed by atoms with Crippen LogP contribution in [0, 0.1) is 5.92 Å². The third kappa shape index (κ3) is 4.37. The molecule has 0 bridgehead atoms. The number of amides is 1. The van der Waals surface area contributed by atoms with Crippen LogP contribution in [0.15, 0.2) is 24.3 Å². The molecular formula is C14H22N2O2. The Morgan fingerprint density at radius 1 is 1.44 bits per heavy atom. The van der Waals surface area contributed by atoms with Gasteiger partial charge in [-0.1, -0.05) is 19.4 Å². The maximum atomic E-state index is 12.0. The van der Waals surface area contributed by atoms with Crippen molar-refractivity contribution in [1.82, 2.24) is 0 Å². The molecule has 0 spiro atoms. The largest absolute Gasteiger partial charge is 0.494 e. The standard InChI is InChI=1S/C14H22N2O2/c1-3-6-11(10-15)14(17)16-12-7-5-8-13(9-12)18-4-2/h5,7-9,11H,3-4,6,10,15H2,1-2H3,(H,16,17). The molecule has 0 aliphatic heterocycles. The summed E-state index contributed by atoms with van der Waals surface area (Å²) < 4.78 is 5.39. The highest BCUT2D eigenvalue weighted by Gasteiger charge is 2.15. The van der Waals surface area contributed by atoms with E-state index in [1.54, 1.807) is 0 Å². The third-order valence-corrected chi connectivity index (χ3v) is 2.71. The molecule has 1 atom stereocenters. The Morgan fingerprint density at radius 2 is 2.22 bits per heavy atom. The van der Waals surface area contributed by atoms with Crippen molar-refractivity contribution in [2.45, 2.75) is 26.7 Å². The fourth-order valence-corrected chi connectivity index (χ4v) is 1.78. The Labute approximate surface area is 109 Å². The summed E-state index contributed by atoms with van der Waals surface area (Å²) in [5.41, 5.74) is 6.36. The number of benzene rings is 1. The molecule has 100 valence electrons. The SMILES string of the molecule is CCCC(CN)C(=O)Nc1cccc(OCC)c1. The number of anilines is 1. The molecule has 4 nitrogen and oxygen atoms in total. The van der Waals surface area contributed by atoms with Crippen molar-refractivity contribution >= 4 is 11.6 Å². The van der Waals surface area contributed by atoms with Crippen molar-refractivity contribution in [2.24, 2.45) is 11.7 Å². The van der Waals surface area contributed by atoms with E-state index in [0.29, 0.717) is 13.2 Å². The second-order valence-corrected chi connectivity index (χ2v) is 4.17. The van der Waals surface area contributed by atoms with E-state index in [0.717, 1.165) is 24.3 Å². The normalized spacial score (nSPS) is 11.9. The average Bonchev–Trinajstić information content (AvgIpc) is 2.36. The molecule has 1 amide bonds. The van der Waals surface area contributed by atoms with Gasteiger partial charge in [-0.15, -0.1) is 0 Å². The zero-order valence-corrected chi connectivity index (χ0v) is 11.1. The van der Waals surface area contributed by atoms with Crippen molar-refractivity contribution in [3.8, 4) is 5.75 Å². The Balaban J connectivity index is 2.65. The molecule has 18 heavy (non-hydrogen) atoms. The van der Waals surface area contributed by atoms with E-state index in [4.69, 9.17) is 10.5 Å². The van der Waals surface area contributed by atoms with Crippen LogP contribution in [0.1, 0.15) is 26.7 Å². The number of carbonyl (C=O) groups excluding carboxylic acids is 1. The van der Waals surface area contributed by atoms with Crippen molar-refractivity contribution in [3.05, 3.63) is 24.3 Å². The van der Waals surface area contributed by atoms with Crippen LogP contribution < -0.4 is 15.8 Å². The molecule has 0 heterocycles. The highest BCUT2D eigenvalue weighted by atomic mass is 16.5. The van der Waals surface area contributed by atoms with Gasteiger partial charge in [-0.3, -0.25) is 4.79 Å². The number of nitrogens with one attached hydrogen (secondary N) is 1. The molecule has 0 aromatic heterocycles.